The van der Waals surface area contributed by atoms with Crippen LogP contribution in [0, 0.1) is 19.8 Å². The van der Waals surface area contributed by atoms with Gasteiger partial charge in [-0.25, -0.2) is 13.1 Å². The fourth-order valence-corrected chi connectivity index (χ4v) is 4.32. The van der Waals surface area contributed by atoms with E-state index in [2.05, 4.69) is 14.9 Å². The van der Waals surface area contributed by atoms with Crippen molar-refractivity contribution < 1.29 is 13.5 Å². The molecule has 18 heavy (non-hydrogen) atoms. The summed E-state index contributed by atoms with van der Waals surface area (Å²) < 4.78 is 27.3. The van der Waals surface area contributed by atoms with Gasteiger partial charge in [-0.2, -0.15) is 5.10 Å². The van der Waals surface area contributed by atoms with Crippen LogP contribution in [0.4, 0.5) is 0 Å². The predicted molar refractivity (Wildman–Crippen MR) is 66.6 cm³/mol. The number of nitrogens with zero attached hydrogens (tertiary/aromatic N) is 1. The molecule has 3 N–H and O–H groups in total. The average molecular weight is 273 g/mol. The minimum Gasteiger partial charge on any atom is -0.396 e. The monoisotopic (exact) mass is 273 g/mol. The number of hydrogen-bond acceptors (Lipinski definition) is 4. The summed E-state index contributed by atoms with van der Waals surface area (Å²) in [5.74, 6) is 0.0206. The van der Waals surface area contributed by atoms with Crippen LogP contribution in [0.1, 0.15) is 30.7 Å². The first-order valence-electron chi connectivity index (χ1n) is 6.10. The molecule has 2 rings (SSSR count). The highest BCUT2D eigenvalue weighted by Crippen LogP contribution is 2.27. The van der Waals surface area contributed by atoms with Crippen molar-refractivity contribution in [3.8, 4) is 0 Å². The molecule has 102 valence electrons. The van der Waals surface area contributed by atoms with Crippen LogP contribution in [-0.2, 0) is 10.0 Å². The maximum Gasteiger partial charge on any atom is 0.244 e. The van der Waals surface area contributed by atoms with Crippen molar-refractivity contribution >= 4 is 10.0 Å². The van der Waals surface area contributed by atoms with Gasteiger partial charge in [0.15, 0.2) is 0 Å². The summed E-state index contributed by atoms with van der Waals surface area (Å²) in [5, 5.41) is 15.8. The van der Waals surface area contributed by atoms with E-state index in [1.54, 1.807) is 13.8 Å². The molecule has 0 bridgehead atoms. The molecule has 7 heteroatoms. The van der Waals surface area contributed by atoms with Gasteiger partial charge in [0.1, 0.15) is 4.90 Å². The number of aliphatic hydroxyl groups excluding tert-OH is 1. The minimum absolute atomic E-state index is 0.0206. The largest absolute Gasteiger partial charge is 0.396 e. The molecule has 1 fully saturated rings. The predicted octanol–water partition coefficient (Wildman–Crippen LogP) is 0.466. The molecule has 2 unspecified atom stereocenters. The topological polar surface area (TPSA) is 95.1 Å². The lowest BCUT2D eigenvalue weighted by Gasteiger charge is -2.19. The number of aromatic amines is 1. The number of nitrogens with one attached hydrogen (secondary N) is 2. The number of hydrogen-bond donors (Lipinski definition) is 3. The molecule has 0 saturated heterocycles. The van der Waals surface area contributed by atoms with Gasteiger partial charge in [-0.05, 0) is 32.6 Å². The SMILES string of the molecule is Cc1n[nH]c(C)c1S(=O)(=O)NC1CCCC1CO. The van der Waals surface area contributed by atoms with Crippen molar-refractivity contribution in [3.63, 3.8) is 0 Å². The fraction of sp³-hybridized carbons (Fsp3) is 0.727. The Morgan fingerprint density at radius 1 is 1.44 bits per heavy atom. The van der Waals surface area contributed by atoms with Crippen molar-refractivity contribution in [3.05, 3.63) is 11.4 Å². The lowest BCUT2D eigenvalue weighted by molar-refractivity contribution is 0.213. The van der Waals surface area contributed by atoms with Crippen molar-refractivity contribution in [2.75, 3.05) is 6.61 Å². The van der Waals surface area contributed by atoms with Gasteiger partial charge in [-0.15, -0.1) is 0 Å². The Balaban J connectivity index is 2.23. The number of aliphatic hydroxyl groups is 1. The van der Waals surface area contributed by atoms with Crippen LogP contribution in [0.3, 0.4) is 0 Å². The highest BCUT2D eigenvalue weighted by Gasteiger charge is 2.32. The van der Waals surface area contributed by atoms with Crippen LogP contribution in [0.5, 0.6) is 0 Å². The number of aromatic nitrogens is 2. The molecule has 0 radical (unpaired) electrons. The quantitative estimate of drug-likeness (QED) is 0.743. The van der Waals surface area contributed by atoms with Gasteiger partial charge in [0.2, 0.25) is 10.0 Å². The highest BCUT2D eigenvalue weighted by molar-refractivity contribution is 7.89. The lowest BCUT2D eigenvalue weighted by atomic mass is 10.1. The zero-order valence-corrected chi connectivity index (χ0v) is 11.4. The average Bonchev–Trinajstić information content (AvgIpc) is 2.85. The minimum atomic E-state index is -3.56. The van der Waals surface area contributed by atoms with E-state index in [0.29, 0.717) is 11.4 Å². The maximum atomic E-state index is 12.3. The van der Waals surface area contributed by atoms with Crippen LogP contribution >= 0.6 is 0 Å². The zero-order chi connectivity index (χ0) is 13.3. The van der Waals surface area contributed by atoms with Crippen LogP contribution in [-0.4, -0.2) is 36.4 Å². The Kier molecular flexibility index (Phi) is 3.74. The highest BCUT2D eigenvalue weighted by atomic mass is 32.2. The van der Waals surface area contributed by atoms with Crippen LogP contribution in [0.15, 0.2) is 4.90 Å². The molecule has 6 nitrogen and oxygen atoms in total. The van der Waals surface area contributed by atoms with E-state index in [1.807, 2.05) is 0 Å². The molecule has 1 heterocycles. The summed E-state index contributed by atoms with van der Waals surface area (Å²) in [5.41, 5.74) is 1.01. The third-order valence-corrected chi connectivity index (χ3v) is 5.28. The second-order valence-corrected chi connectivity index (χ2v) is 6.52. The van der Waals surface area contributed by atoms with E-state index in [9.17, 15) is 13.5 Å². The van der Waals surface area contributed by atoms with Gasteiger partial charge < -0.3 is 5.11 Å². The summed E-state index contributed by atoms with van der Waals surface area (Å²) in [6.45, 7) is 3.37. The Bertz CT molecular complexity index is 504. The van der Waals surface area contributed by atoms with Crippen LogP contribution < -0.4 is 4.72 Å². The Morgan fingerprint density at radius 3 is 2.72 bits per heavy atom. The summed E-state index contributed by atoms with van der Waals surface area (Å²) in [6.07, 6.45) is 2.59. The molecule has 1 aliphatic rings. The molecule has 1 saturated carbocycles. The first kappa shape index (κ1) is 13.5. The number of sulfonamides is 1. The van der Waals surface area contributed by atoms with Gasteiger partial charge in [0, 0.05) is 12.6 Å². The molecule has 1 aromatic rings. The molecule has 0 aliphatic heterocycles. The third-order valence-electron chi connectivity index (χ3n) is 3.53. The number of H-pyrrole nitrogens is 1. The summed E-state index contributed by atoms with van der Waals surface area (Å²) in [7, 11) is -3.56. The van der Waals surface area contributed by atoms with Crippen LogP contribution in [0.2, 0.25) is 0 Å². The van der Waals surface area contributed by atoms with Gasteiger partial charge in [-0.3, -0.25) is 5.10 Å². The summed E-state index contributed by atoms with van der Waals surface area (Å²) in [4.78, 5) is 0.228. The van der Waals surface area contributed by atoms with Gasteiger partial charge in [-0.1, -0.05) is 6.42 Å². The van der Waals surface area contributed by atoms with Gasteiger partial charge in [0.25, 0.3) is 0 Å². The Hall–Kier alpha value is -0.920. The maximum absolute atomic E-state index is 12.3. The summed E-state index contributed by atoms with van der Waals surface area (Å²) >= 11 is 0. The van der Waals surface area contributed by atoms with Crippen molar-refractivity contribution in [1.82, 2.24) is 14.9 Å². The molecule has 2 atom stereocenters. The summed E-state index contributed by atoms with van der Waals surface area (Å²) in [6, 6.07) is -0.173. The normalized spacial score (nSPS) is 24.6. The number of aryl methyl sites for hydroxylation is 2. The Morgan fingerprint density at radius 2 is 2.17 bits per heavy atom. The zero-order valence-electron chi connectivity index (χ0n) is 10.6. The van der Waals surface area contributed by atoms with E-state index < -0.39 is 10.0 Å². The van der Waals surface area contributed by atoms with Crippen molar-refractivity contribution in [2.45, 2.75) is 44.0 Å². The van der Waals surface area contributed by atoms with E-state index in [1.165, 1.54) is 0 Å². The molecular formula is C11H19N3O3S. The lowest BCUT2D eigenvalue weighted by Crippen LogP contribution is -2.38. The van der Waals surface area contributed by atoms with E-state index in [4.69, 9.17) is 0 Å². The first-order valence-corrected chi connectivity index (χ1v) is 7.58. The van der Waals surface area contributed by atoms with Crippen molar-refractivity contribution in [1.29, 1.82) is 0 Å². The number of rotatable bonds is 4. The van der Waals surface area contributed by atoms with E-state index in [-0.39, 0.29) is 23.5 Å². The van der Waals surface area contributed by atoms with Gasteiger partial charge >= 0.3 is 0 Å². The molecule has 0 spiro atoms. The molecule has 1 aliphatic carbocycles. The second-order valence-electron chi connectivity index (χ2n) is 4.86. The van der Waals surface area contributed by atoms with E-state index in [0.717, 1.165) is 19.3 Å². The smallest absolute Gasteiger partial charge is 0.244 e. The van der Waals surface area contributed by atoms with Crippen molar-refractivity contribution in [2.24, 2.45) is 5.92 Å². The van der Waals surface area contributed by atoms with Crippen LogP contribution in [0.25, 0.3) is 0 Å². The van der Waals surface area contributed by atoms with E-state index >= 15 is 0 Å². The molecule has 0 aromatic carbocycles. The third kappa shape index (κ3) is 2.43. The molecular weight excluding hydrogens is 254 g/mol. The molecule has 1 aromatic heterocycles. The van der Waals surface area contributed by atoms with Gasteiger partial charge in [0.05, 0.1) is 11.4 Å². The fourth-order valence-electron chi connectivity index (χ4n) is 2.61. The Labute approximate surface area is 107 Å². The molecule has 0 amide bonds. The second kappa shape index (κ2) is 4.99. The standard InChI is InChI=1S/C11H19N3O3S/c1-7-11(8(2)13-12-7)18(16,17)14-10-5-3-4-9(10)6-15/h9-10,14-15H,3-6H2,1-2H3,(H,12,13). The first-order chi connectivity index (χ1) is 8.45.